The average molecular weight is 386 g/mol. The number of aromatic nitrogens is 2. The summed E-state index contributed by atoms with van der Waals surface area (Å²) in [6.07, 6.45) is 0. The van der Waals surface area contributed by atoms with Crippen LogP contribution in [0.15, 0.2) is 24.3 Å². The third kappa shape index (κ3) is 3.62. The Morgan fingerprint density at radius 3 is 2.50 bits per heavy atom. The third-order valence-electron chi connectivity index (χ3n) is 6.23. The Morgan fingerprint density at radius 1 is 0.893 bits per heavy atom. The van der Waals surface area contributed by atoms with Crippen molar-refractivity contribution in [3.05, 3.63) is 24.3 Å². The number of para-hydroxylation sites is 2. The molecule has 0 saturated carbocycles. The van der Waals surface area contributed by atoms with Gasteiger partial charge >= 0.3 is 0 Å². The summed E-state index contributed by atoms with van der Waals surface area (Å²) in [6, 6.07) is 8.52. The minimum atomic E-state index is 0.853. The fraction of sp³-hybridized carbons (Fsp3) is 0.650. The molecule has 0 unspecified atom stereocenters. The van der Waals surface area contributed by atoms with Gasteiger partial charge in [-0.1, -0.05) is 12.1 Å². The molecule has 0 radical (unpaired) electrons. The van der Waals surface area contributed by atoms with Crippen LogP contribution in [-0.2, 0) is 11.4 Å². The SMILES string of the molecule is CN1CCN(N2CN(CCN3CCOCC3)c3nc4ccccc4n3C2)CC1. The summed E-state index contributed by atoms with van der Waals surface area (Å²) < 4.78 is 7.89. The lowest BCUT2D eigenvalue weighted by atomic mass is 10.3. The van der Waals surface area contributed by atoms with Gasteiger partial charge in [-0.15, -0.1) is 0 Å². The quantitative estimate of drug-likeness (QED) is 0.762. The average Bonchev–Trinajstić information content (AvgIpc) is 3.12. The minimum absolute atomic E-state index is 0.853. The first-order chi connectivity index (χ1) is 13.8. The largest absolute Gasteiger partial charge is 0.379 e. The molecule has 4 heterocycles. The van der Waals surface area contributed by atoms with Gasteiger partial charge < -0.3 is 14.5 Å². The molecule has 0 spiro atoms. The monoisotopic (exact) mass is 385 g/mol. The van der Waals surface area contributed by atoms with Crippen molar-refractivity contribution >= 4 is 17.0 Å². The molecule has 5 rings (SSSR count). The van der Waals surface area contributed by atoms with Crippen LogP contribution in [0.3, 0.4) is 0 Å². The summed E-state index contributed by atoms with van der Waals surface area (Å²) in [5.74, 6) is 1.11. The molecule has 2 fully saturated rings. The lowest BCUT2D eigenvalue weighted by Gasteiger charge is -2.45. The molecular formula is C20H31N7O. The Bertz CT molecular complexity index is 795. The molecule has 3 aliphatic rings. The molecule has 3 aliphatic heterocycles. The molecule has 8 heteroatoms. The number of ether oxygens (including phenoxy) is 1. The van der Waals surface area contributed by atoms with E-state index in [1.165, 1.54) is 5.52 Å². The summed E-state index contributed by atoms with van der Waals surface area (Å²) in [6.45, 7) is 12.1. The van der Waals surface area contributed by atoms with E-state index in [0.29, 0.717) is 0 Å². The first-order valence-corrected chi connectivity index (χ1v) is 10.5. The number of nitrogens with zero attached hydrogens (tertiary/aromatic N) is 7. The maximum atomic E-state index is 5.50. The molecular weight excluding hydrogens is 354 g/mol. The highest BCUT2D eigenvalue weighted by Crippen LogP contribution is 2.27. The van der Waals surface area contributed by atoms with Crippen molar-refractivity contribution in [2.75, 3.05) is 84.2 Å². The van der Waals surface area contributed by atoms with Crippen molar-refractivity contribution in [1.29, 1.82) is 0 Å². The second-order valence-electron chi connectivity index (χ2n) is 8.09. The molecule has 8 nitrogen and oxygen atoms in total. The van der Waals surface area contributed by atoms with E-state index in [-0.39, 0.29) is 0 Å². The van der Waals surface area contributed by atoms with Crippen molar-refractivity contribution < 1.29 is 4.74 Å². The number of imidazole rings is 1. The van der Waals surface area contributed by atoms with Crippen LogP contribution in [0.25, 0.3) is 11.0 Å². The number of hydrogen-bond acceptors (Lipinski definition) is 7. The minimum Gasteiger partial charge on any atom is -0.379 e. The Labute approximate surface area is 166 Å². The lowest BCUT2D eigenvalue weighted by molar-refractivity contribution is -0.0804. The van der Waals surface area contributed by atoms with Crippen molar-refractivity contribution in [2.45, 2.75) is 6.67 Å². The molecule has 0 bridgehead atoms. The fourth-order valence-corrected chi connectivity index (χ4v) is 4.43. The van der Waals surface area contributed by atoms with Gasteiger partial charge in [-0.05, 0) is 19.2 Å². The van der Waals surface area contributed by atoms with E-state index in [1.54, 1.807) is 0 Å². The van der Waals surface area contributed by atoms with Crippen molar-refractivity contribution in [1.82, 2.24) is 29.4 Å². The summed E-state index contributed by atoms with van der Waals surface area (Å²) in [4.78, 5) is 12.4. The van der Waals surface area contributed by atoms with Crippen LogP contribution in [0.4, 0.5) is 5.95 Å². The predicted octanol–water partition coefficient (Wildman–Crippen LogP) is 0.568. The Balaban J connectivity index is 1.38. The van der Waals surface area contributed by atoms with Crippen LogP contribution in [-0.4, -0.2) is 109 Å². The number of benzene rings is 1. The Hall–Kier alpha value is -1.71. The zero-order valence-electron chi connectivity index (χ0n) is 16.8. The number of morpholine rings is 1. The number of hydrogen-bond donors (Lipinski definition) is 0. The Kier molecular flexibility index (Phi) is 5.21. The summed E-state index contributed by atoms with van der Waals surface area (Å²) in [5.41, 5.74) is 2.32. The fourth-order valence-electron chi connectivity index (χ4n) is 4.43. The molecule has 1 aromatic carbocycles. The van der Waals surface area contributed by atoms with Gasteiger partial charge in [0.15, 0.2) is 0 Å². The number of likely N-dealkylation sites (N-methyl/N-ethyl adjacent to an activating group) is 1. The maximum absolute atomic E-state index is 5.50. The summed E-state index contributed by atoms with van der Waals surface area (Å²) in [7, 11) is 2.21. The van der Waals surface area contributed by atoms with E-state index in [9.17, 15) is 0 Å². The second kappa shape index (κ2) is 7.96. The highest BCUT2D eigenvalue weighted by atomic mass is 16.5. The molecule has 152 valence electrons. The third-order valence-corrected chi connectivity index (χ3v) is 6.23. The van der Waals surface area contributed by atoms with Gasteiger partial charge in [0.25, 0.3) is 0 Å². The molecule has 2 aromatic rings. The van der Waals surface area contributed by atoms with Gasteiger partial charge in [-0.2, -0.15) is 0 Å². The number of fused-ring (bicyclic) bond motifs is 3. The van der Waals surface area contributed by atoms with Crippen LogP contribution < -0.4 is 4.90 Å². The van der Waals surface area contributed by atoms with Gasteiger partial charge in [-0.3, -0.25) is 9.47 Å². The molecule has 0 N–H and O–H groups in total. The van der Waals surface area contributed by atoms with E-state index in [0.717, 1.165) is 90.4 Å². The topological polar surface area (TPSA) is 43.3 Å². The molecule has 2 saturated heterocycles. The summed E-state index contributed by atoms with van der Waals surface area (Å²) >= 11 is 0. The number of hydrazine groups is 1. The molecule has 0 aliphatic carbocycles. The molecule has 28 heavy (non-hydrogen) atoms. The zero-order valence-corrected chi connectivity index (χ0v) is 16.8. The van der Waals surface area contributed by atoms with Crippen molar-refractivity contribution in [3.63, 3.8) is 0 Å². The normalized spacial score (nSPS) is 23.4. The predicted molar refractivity (Wildman–Crippen MR) is 110 cm³/mol. The van der Waals surface area contributed by atoms with Gasteiger partial charge in [-0.25, -0.2) is 15.0 Å². The smallest absolute Gasteiger partial charge is 0.208 e. The van der Waals surface area contributed by atoms with E-state index in [2.05, 4.69) is 60.6 Å². The molecule has 1 aromatic heterocycles. The first kappa shape index (κ1) is 18.3. The first-order valence-electron chi connectivity index (χ1n) is 10.5. The zero-order chi connectivity index (χ0) is 18.9. The van der Waals surface area contributed by atoms with Gasteiger partial charge in [0.2, 0.25) is 5.95 Å². The van der Waals surface area contributed by atoms with E-state index >= 15 is 0 Å². The van der Waals surface area contributed by atoms with E-state index in [1.807, 2.05) is 0 Å². The van der Waals surface area contributed by atoms with Crippen molar-refractivity contribution in [2.24, 2.45) is 0 Å². The van der Waals surface area contributed by atoms with Crippen LogP contribution >= 0.6 is 0 Å². The van der Waals surface area contributed by atoms with Crippen LogP contribution in [0.2, 0.25) is 0 Å². The van der Waals surface area contributed by atoms with E-state index in [4.69, 9.17) is 9.72 Å². The maximum Gasteiger partial charge on any atom is 0.208 e. The highest BCUT2D eigenvalue weighted by Gasteiger charge is 2.30. The van der Waals surface area contributed by atoms with Crippen LogP contribution in [0.1, 0.15) is 0 Å². The highest BCUT2D eigenvalue weighted by molar-refractivity contribution is 5.79. The van der Waals surface area contributed by atoms with Crippen LogP contribution in [0, 0.1) is 0 Å². The molecule has 0 atom stereocenters. The summed E-state index contributed by atoms with van der Waals surface area (Å²) in [5, 5.41) is 5.03. The molecule has 0 amide bonds. The van der Waals surface area contributed by atoms with Crippen molar-refractivity contribution in [3.8, 4) is 0 Å². The standard InChI is InChI=1S/C20H31N7O/c1-22-6-10-25(11-7-22)26-16-24(9-8-23-12-14-28-15-13-23)20-21-18-4-2-3-5-19(18)27(20)17-26/h2-5H,6-17H2,1H3. The van der Waals surface area contributed by atoms with Gasteiger partial charge in [0.05, 0.1) is 37.6 Å². The number of rotatable bonds is 4. The number of piperazine rings is 1. The van der Waals surface area contributed by atoms with Gasteiger partial charge in [0.1, 0.15) is 0 Å². The number of anilines is 1. The lowest BCUT2D eigenvalue weighted by Crippen LogP contribution is -2.58. The second-order valence-corrected chi connectivity index (χ2v) is 8.09. The Morgan fingerprint density at radius 2 is 1.68 bits per heavy atom. The van der Waals surface area contributed by atoms with Gasteiger partial charge in [0, 0.05) is 52.4 Å². The van der Waals surface area contributed by atoms with E-state index < -0.39 is 0 Å². The van der Waals surface area contributed by atoms with Crippen LogP contribution in [0.5, 0.6) is 0 Å².